The van der Waals surface area contributed by atoms with E-state index in [2.05, 4.69) is 25.7 Å². The largest absolute Gasteiger partial charge is 0.493 e. The Kier molecular flexibility index (Phi) is 7.69. The summed E-state index contributed by atoms with van der Waals surface area (Å²) >= 11 is 6.20. The first-order valence-electron chi connectivity index (χ1n) is 9.79. The SMILES string of the molecule is CNCCCOc1cc(F)c(-c2c(Cl)nc(-n3cccn3)nc2N[C@H](C)C(F)(F)F)c(F)c1. The molecule has 1 atom stereocenters. The molecule has 3 rings (SSSR count). The van der Waals surface area contributed by atoms with Crippen molar-refractivity contribution < 1.29 is 26.7 Å². The van der Waals surface area contributed by atoms with Gasteiger partial charge in [0.1, 0.15) is 34.4 Å². The molecule has 0 amide bonds. The lowest BCUT2D eigenvalue weighted by Crippen LogP contribution is -2.33. The van der Waals surface area contributed by atoms with E-state index in [1.807, 2.05) is 0 Å². The van der Waals surface area contributed by atoms with Gasteiger partial charge in [-0.1, -0.05) is 11.6 Å². The van der Waals surface area contributed by atoms with E-state index in [1.165, 1.54) is 18.5 Å². The quantitative estimate of drug-likeness (QED) is 0.259. The number of nitrogens with one attached hydrogen (secondary N) is 2. The second-order valence-corrected chi connectivity index (χ2v) is 7.32. The van der Waals surface area contributed by atoms with Gasteiger partial charge in [-0.05, 0) is 33.0 Å². The molecule has 178 valence electrons. The van der Waals surface area contributed by atoms with Crippen molar-refractivity contribution in [3.05, 3.63) is 47.4 Å². The average molecular weight is 491 g/mol. The molecule has 0 unspecified atom stereocenters. The monoisotopic (exact) mass is 490 g/mol. The Hall–Kier alpha value is -2.99. The van der Waals surface area contributed by atoms with Gasteiger partial charge in [-0.3, -0.25) is 0 Å². The van der Waals surface area contributed by atoms with E-state index in [9.17, 15) is 22.0 Å². The number of rotatable bonds is 9. The van der Waals surface area contributed by atoms with Crippen molar-refractivity contribution in [1.82, 2.24) is 25.1 Å². The van der Waals surface area contributed by atoms with Crippen molar-refractivity contribution >= 4 is 17.4 Å². The van der Waals surface area contributed by atoms with Gasteiger partial charge in [0.15, 0.2) is 0 Å². The molecule has 0 radical (unpaired) electrons. The average Bonchev–Trinajstić information content (AvgIpc) is 3.26. The molecule has 13 heteroatoms. The standard InChI is InChI=1S/C20H20ClF5N6O/c1-11(20(24,25)26)29-18-16(17(21)30-19(31-18)32-7-3-6-28-32)15-13(22)9-12(10-14(15)23)33-8-4-5-27-2/h3,6-7,9-11,27H,4-5,8H2,1-2H3,(H,29,30,31)/t11-/m1/s1. The van der Waals surface area contributed by atoms with Crippen LogP contribution in [-0.2, 0) is 0 Å². The molecule has 1 aromatic carbocycles. The molecular weight excluding hydrogens is 471 g/mol. The zero-order valence-corrected chi connectivity index (χ0v) is 18.3. The second kappa shape index (κ2) is 10.3. The summed E-state index contributed by atoms with van der Waals surface area (Å²) in [6.07, 6.45) is -1.24. The summed E-state index contributed by atoms with van der Waals surface area (Å²) in [6.45, 7) is 1.69. The van der Waals surface area contributed by atoms with E-state index < -0.39 is 46.0 Å². The molecule has 0 aliphatic rings. The Labute approximate surface area is 190 Å². The van der Waals surface area contributed by atoms with Crippen LogP contribution in [0.4, 0.5) is 27.8 Å². The topological polar surface area (TPSA) is 76.9 Å². The highest BCUT2D eigenvalue weighted by molar-refractivity contribution is 6.32. The van der Waals surface area contributed by atoms with Crippen molar-refractivity contribution in [3.63, 3.8) is 0 Å². The third kappa shape index (κ3) is 5.88. The number of aromatic nitrogens is 4. The number of halogens is 6. The van der Waals surface area contributed by atoms with Gasteiger partial charge in [-0.15, -0.1) is 0 Å². The van der Waals surface area contributed by atoms with Crippen molar-refractivity contribution in [2.45, 2.75) is 25.6 Å². The molecule has 3 aromatic rings. The normalized spacial score (nSPS) is 12.6. The van der Waals surface area contributed by atoms with E-state index in [1.54, 1.807) is 7.05 Å². The highest BCUT2D eigenvalue weighted by Crippen LogP contribution is 2.39. The highest BCUT2D eigenvalue weighted by Gasteiger charge is 2.37. The van der Waals surface area contributed by atoms with E-state index in [-0.39, 0.29) is 18.3 Å². The first-order chi connectivity index (χ1) is 15.6. The Balaban J connectivity index is 2.07. The highest BCUT2D eigenvalue weighted by atomic mass is 35.5. The van der Waals surface area contributed by atoms with Crippen molar-refractivity contribution in [2.75, 3.05) is 25.5 Å². The van der Waals surface area contributed by atoms with E-state index >= 15 is 0 Å². The van der Waals surface area contributed by atoms with Gasteiger partial charge in [-0.2, -0.15) is 28.2 Å². The minimum Gasteiger partial charge on any atom is -0.493 e. The summed E-state index contributed by atoms with van der Waals surface area (Å²) in [4.78, 5) is 7.96. The molecule has 2 N–H and O–H groups in total. The predicted molar refractivity (Wildman–Crippen MR) is 113 cm³/mol. The molecule has 0 spiro atoms. The lowest BCUT2D eigenvalue weighted by molar-refractivity contribution is -0.138. The molecule has 0 bridgehead atoms. The fourth-order valence-electron chi connectivity index (χ4n) is 2.84. The number of benzene rings is 1. The van der Waals surface area contributed by atoms with Crippen LogP contribution in [0.1, 0.15) is 13.3 Å². The van der Waals surface area contributed by atoms with Crippen molar-refractivity contribution in [3.8, 4) is 22.8 Å². The van der Waals surface area contributed by atoms with Gasteiger partial charge in [0, 0.05) is 24.5 Å². The maximum absolute atomic E-state index is 15.0. The maximum atomic E-state index is 15.0. The Morgan fingerprint density at radius 1 is 1.15 bits per heavy atom. The number of hydrogen-bond acceptors (Lipinski definition) is 6. The third-order valence-electron chi connectivity index (χ3n) is 4.51. The molecular formula is C20H20ClF5N6O. The summed E-state index contributed by atoms with van der Waals surface area (Å²) in [5.41, 5.74) is -1.15. The molecule has 0 fully saturated rings. The maximum Gasteiger partial charge on any atom is 0.408 e. The van der Waals surface area contributed by atoms with E-state index in [4.69, 9.17) is 16.3 Å². The predicted octanol–water partition coefficient (Wildman–Crippen LogP) is 4.61. The van der Waals surface area contributed by atoms with E-state index in [0.29, 0.717) is 13.0 Å². The van der Waals surface area contributed by atoms with Crippen LogP contribution in [0.3, 0.4) is 0 Å². The van der Waals surface area contributed by atoms with Crippen molar-refractivity contribution in [2.24, 2.45) is 0 Å². The fourth-order valence-corrected chi connectivity index (χ4v) is 3.10. The van der Waals surface area contributed by atoms with Crippen LogP contribution in [0.5, 0.6) is 5.75 Å². The first-order valence-corrected chi connectivity index (χ1v) is 10.2. The summed E-state index contributed by atoms with van der Waals surface area (Å²) < 4.78 is 76.0. The van der Waals surface area contributed by atoms with Gasteiger partial charge < -0.3 is 15.4 Å². The van der Waals surface area contributed by atoms with Crippen LogP contribution in [0.25, 0.3) is 17.1 Å². The smallest absolute Gasteiger partial charge is 0.408 e. The minimum absolute atomic E-state index is 0.0757. The van der Waals surface area contributed by atoms with Crippen molar-refractivity contribution in [1.29, 1.82) is 0 Å². The Bertz CT molecular complexity index is 1070. The number of anilines is 1. The molecule has 7 nitrogen and oxygen atoms in total. The zero-order chi connectivity index (χ0) is 24.2. The van der Waals surface area contributed by atoms with Crippen LogP contribution >= 0.6 is 11.6 Å². The van der Waals surface area contributed by atoms with Gasteiger partial charge in [0.05, 0.1) is 17.7 Å². The van der Waals surface area contributed by atoms with Gasteiger partial charge in [-0.25, -0.2) is 13.5 Å². The van der Waals surface area contributed by atoms with Crippen LogP contribution in [0, 0.1) is 11.6 Å². The van der Waals surface area contributed by atoms with Crippen LogP contribution in [-0.4, -0.2) is 52.2 Å². The van der Waals surface area contributed by atoms with Crippen LogP contribution in [0.15, 0.2) is 30.6 Å². The molecule has 0 saturated heterocycles. The summed E-state index contributed by atoms with van der Waals surface area (Å²) in [5, 5.41) is 8.48. The third-order valence-corrected chi connectivity index (χ3v) is 4.79. The van der Waals surface area contributed by atoms with Gasteiger partial charge >= 0.3 is 6.18 Å². The summed E-state index contributed by atoms with van der Waals surface area (Å²) in [7, 11) is 1.75. The van der Waals surface area contributed by atoms with E-state index in [0.717, 1.165) is 23.7 Å². The molecule has 2 aromatic heterocycles. The number of nitrogens with zero attached hydrogens (tertiary/aromatic N) is 4. The number of alkyl halides is 3. The summed E-state index contributed by atoms with van der Waals surface area (Å²) in [6, 6.07) is 1.28. The molecule has 0 saturated carbocycles. The Morgan fingerprint density at radius 3 is 2.42 bits per heavy atom. The molecule has 33 heavy (non-hydrogen) atoms. The zero-order valence-electron chi connectivity index (χ0n) is 17.6. The molecule has 0 aliphatic heterocycles. The lowest BCUT2D eigenvalue weighted by atomic mass is 10.1. The summed E-state index contributed by atoms with van der Waals surface area (Å²) in [5.74, 6) is -2.97. The van der Waals surface area contributed by atoms with Crippen LogP contribution < -0.4 is 15.4 Å². The first kappa shape index (κ1) is 24.6. The molecule has 2 heterocycles. The lowest BCUT2D eigenvalue weighted by Gasteiger charge is -2.21. The van der Waals surface area contributed by atoms with Crippen LogP contribution in [0.2, 0.25) is 5.15 Å². The number of ether oxygens (including phenoxy) is 1. The molecule has 0 aliphatic carbocycles. The van der Waals surface area contributed by atoms with Gasteiger partial charge in [0.25, 0.3) is 5.95 Å². The minimum atomic E-state index is -4.66. The van der Waals surface area contributed by atoms with Gasteiger partial charge in [0.2, 0.25) is 0 Å². The fraction of sp³-hybridized carbons (Fsp3) is 0.350. The number of hydrogen-bond donors (Lipinski definition) is 2. The Morgan fingerprint density at radius 2 is 1.85 bits per heavy atom. The second-order valence-electron chi connectivity index (χ2n) is 6.96.